The van der Waals surface area contributed by atoms with Gasteiger partial charge in [0.05, 0.1) is 35.6 Å². The van der Waals surface area contributed by atoms with Gasteiger partial charge in [0.15, 0.2) is 16.3 Å². The molecule has 9 heteroatoms. The number of rotatable bonds is 10. The van der Waals surface area contributed by atoms with Crippen LogP contribution in [0.2, 0.25) is 0 Å². The lowest BCUT2D eigenvalue weighted by molar-refractivity contribution is -0.113. The van der Waals surface area contributed by atoms with Crippen LogP contribution >= 0.6 is 11.3 Å². The second-order valence-corrected chi connectivity index (χ2v) is 13.0. The van der Waals surface area contributed by atoms with Crippen LogP contribution in [0.4, 0.5) is 5.69 Å². The van der Waals surface area contributed by atoms with Gasteiger partial charge in [-0.25, -0.2) is 4.99 Å². The van der Waals surface area contributed by atoms with E-state index in [2.05, 4.69) is 38.2 Å². The molecule has 1 aliphatic heterocycles. The lowest BCUT2D eigenvalue weighted by Crippen LogP contribution is -2.40. The Morgan fingerprint density at radius 2 is 1.63 bits per heavy atom. The molecule has 1 aliphatic rings. The van der Waals surface area contributed by atoms with E-state index >= 15 is 0 Å². The van der Waals surface area contributed by atoms with Gasteiger partial charge in [0.25, 0.3) is 11.5 Å². The van der Waals surface area contributed by atoms with E-state index in [0.29, 0.717) is 56.8 Å². The summed E-state index contributed by atoms with van der Waals surface area (Å²) in [5.74, 6) is 1.58. The Bertz CT molecular complexity index is 2210. The Kier molecular flexibility index (Phi) is 9.82. The van der Waals surface area contributed by atoms with Crippen molar-refractivity contribution in [1.29, 1.82) is 0 Å². The molecule has 0 unspecified atom stereocenters. The fourth-order valence-electron chi connectivity index (χ4n) is 6.17. The lowest BCUT2D eigenvalue weighted by Gasteiger charge is -2.25. The molecule has 0 aliphatic carbocycles. The van der Waals surface area contributed by atoms with Crippen LogP contribution in [0.1, 0.15) is 53.3 Å². The molecule has 8 nitrogen and oxygen atoms in total. The molecule has 49 heavy (non-hydrogen) atoms. The van der Waals surface area contributed by atoms with Gasteiger partial charge in [0.1, 0.15) is 12.4 Å². The van der Waals surface area contributed by atoms with E-state index in [1.54, 1.807) is 18.6 Å². The first-order valence-corrected chi connectivity index (χ1v) is 17.0. The van der Waals surface area contributed by atoms with Crippen LogP contribution < -0.4 is 34.4 Å². The fraction of sp³-hybridized carbons (Fsp3) is 0.225. The summed E-state index contributed by atoms with van der Waals surface area (Å²) < 4.78 is 19.7. The van der Waals surface area contributed by atoms with E-state index in [9.17, 15) is 9.59 Å². The molecular weight excluding hydrogens is 635 g/mol. The van der Waals surface area contributed by atoms with Crippen LogP contribution in [0.5, 0.6) is 17.2 Å². The predicted octanol–water partition coefficient (Wildman–Crippen LogP) is 6.79. The summed E-state index contributed by atoms with van der Waals surface area (Å²) in [5, 5.41) is 2.99. The Balaban J connectivity index is 1.38. The first-order chi connectivity index (χ1) is 23.7. The second kappa shape index (κ2) is 14.4. The van der Waals surface area contributed by atoms with Gasteiger partial charge in [0, 0.05) is 5.69 Å². The fourth-order valence-corrected chi connectivity index (χ4v) is 7.22. The minimum atomic E-state index is -0.698. The number of aryl methyl sites for hydroxylation is 3. The summed E-state index contributed by atoms with van der Waals surface area (Å²) in [7, 11) is 1.60. The van der Waals surface area contributed by atoms with Crippen molar-refractivity contribution in [3.05, 3.63) is 149 Å². The van der Waals surface area contributed by atoms with Crippen LogP contribution in [0, 0.1) is 20.8 Å². The summed E-state index contributed by atoms with van der Waals surface area (Å²) >= 11 is 1.29. The number of anilines is 1. The Labute approximate surface area is 289 Å². The highest BCUT2D eigenvalue weighted by Crippen LogP contribution is 2.33. The average molecular weight is 674 g/mol. The molecule has 0 saturated heterocycles. The number of ether oxygens (including phenoxy) is 3. The van der Waals surface area contributed by atoms with Crippen LogP contribution in [-0.2, 0) is 11.4 Å². The highest BCUT2D eigenvalue weighted by Gasteiger charge is 2.32. The summed E-state index contributed by atoms with van der Waals surface area (Å²) in [6.45, 7) is 10.9. The summed E-state index contributed by atoms with van der Waals surface area (Å²) in [4.78, 5) is 33.3. The molecule has 250 valence electrons. The number of benzene rings is 4. The van der Waals surface area contributed by atoms with Gasteiger partial charge >= 0.3 is 0 Å². The number of allylic oxidation sites excluding steroid dienone is 1. The summed E-state index contributed by atoms with van der Waals surface area (Å²) in [6, 6.07) is 25.9. The molecule has 2 heterocycles. The van der Waals surface area contributed by atoms with Gasteiger partial charge in [-0.2, -0.15) is 0 Å². The Morgan fingerprint density at radius 1 is 0.918 bits per heavy atom. The number of amides is 1. The number of methoxy groups -OCH3 is 1. The maximum atomic E-state index is 14.2. The molecule has 1 amide bonds. The van der Waals surface area contributed by atoms with E-state index in [4.69, 9.17) is 19.2 Å². The molecule has 4 aromatic carbocycles. The minimum absolute atomic E-state index is 0.245. The molecule has 0 radical (unpaired) electrons. The molecule has 0 saturated carbocycles. The molecule has 6 rings (SSSR count). The SMILES string of the molecule is CCOc1cc(/C=c2/sc3n(c2=O)[C@@H](c2ccc(OC)cc2)C(C(=O)Nc2ccccc2)=C(C)N=3)ccc1OCc1c(C)cc(C)cc1C. The van der Waals surface area contributed by atoms with Crippen molar-refractivity contribution in [3.63, 3.8) is 0 Å². The average Bonchev–Trinajstić information content (AvgIpc) is 3.38. The Morgan fingerprint density at radius 3 is 2.31 bits per heavy atom. The number of hydrogen-bond donors (Lipinski definition) is 1. The number of para-hydroxylation sites is 1. The van der Waals surface area contributed by atoms with E-state index < -0.39 is 6.04 Å². The third-order valence-electron chi connectivity index (χ3n) is 8.51. The minimum Gasteiger partial charge on any atom is -0.497 e. The topological polar surface area (TPSA) is 91.2 Å². The quantitative estimate of drug-likeness (QED) is 0.177. The Hall–Kier alpha value is -5.41. The van der Waals surface area contributed by atoms with Crippen molar-refractivity contribution in [2.24, 2.45) is 4.99 Å². The van der Waals surface area contributed by atoms with E-state index in [1.807, 2.05) is 85.8 Å². The van der Waals surface area contributed by atoms with E-state index in [-0.39, 0.29) is 11.5 Å². The monoisotopic (exact) mass is 673 g/mol. The zero-order valence-electron chi connectivity index (χ0n) is 28.5. The van der Waals surface area contributed by atoms with Crippen molar-refractivity contribution >= 4 is 29.0 Å². The van der Waals surface area contributed by atoms with Gasteiger partial charge in [0.2, 0.25) is 0 Å². The van der Waals surface area contributed by atoms with Crippen molar-refractivity contribution < 1.29 is 19.0 Å². The van der Waals surface area contributed by atoms with Crippen LogP contribution in [0.25, 0.3) is 6.08 Å². The maximum absolute atomic E-state index is 14.2. The third kappa shape index (κ3) is 7.07. The maximum Gasteiger partial charge on any atom is 0.271 e. The molecule has 0 fully saturated rings. The molecule has 0 spiro atoms. The van der Waals surface area contributed by atoms with Crippen molar-refractivity contribution in [1.82, 2.24) is 4.57 Å². The number of thiazole rings is 1. The highest BCUT2D eigenvalue weighted by atomic mass is 32.1. The summed E-state index contributed by atoms with van der Waals surface area (Å²) in [5.41, 5.74) is 7.64. The number of nitrogens with zero attached hydrogens (tertiary/aromatic N) is 2. The molecule has 0 bridgehead atoms. The van der Waals surface area contributed by atoms with Crippen molar-refractivity contribution in [3.8, 4) is 17.2 Å². The summed E-state index contributed by atoms with van der Waals surface area (Å²) in [6.07, 6.45) is 1.83. The van der Waals surface area contributed by atoms with Crippen molar-refractivity contribution in [2.45, 2.75) is 47.3 Å². The van der Waals surface area contributed by atoms with E-state index in [0.717, 1.165) is 16.7 Å². The number of fused-ring (bicyclic) bond motifs is 1. The van der Waals surface area contributed by atoms with Gasteiger partial charge in [-0.3, -0.25) is 14.2 Å². The molecule has 1 N–H and O–H groups in total. The number of aromatic nitrogens is 1. The van der Waals surface area contributed by atoms with Crippen molar-refractivity contribution in [2.75, 3.05) is 19.0 Å². The lowest BCUT2D eigenvalue weighted by atomic mass is 9.95. The smallest absolute Gasteiger partial charge is 0.271 e. The first kappa shape index (κ1) is 33.5. The highest BCUT2D eigenvalue weighted by molar-refractivity contribution is 7.07. The molecule has 1 atom stereocenters. The van der Waals surface area contributed by atoms with Gasteiger partial charge in [-0.15, -0.1) is 0 Å². The predicted molar refractivity (Wildman–Crippen MR) is 194 cm³/mol. The second-order valence-electron chi connectivity index (χ2n) is 12.0. The van der Waals surface area contributed by atoms with Crippen LogP contribution in [0.3, 0.4) is 0 Å². The number of hydrogen-bond acceptors (Lipinski definition) is 7. The molecule has 5 aromatic rings. The van der Waals surface area contributed by atoms with Crippen LogP contribution in [0.15, 0.2) is 106 Å². The largest absolute Gasteiger partial charge is 0.497 e. The van der Waals surface area contributed by atoms with Gasteiger partial charge in [-0.05, 0) is 105 Å². The number of nitrogens with one attached hydrogen (secondary N) is 1. The normalized spacial score (nSPS) is 14.2. The molecular formula is C40H39N3O5S. The standard InChI is InChI=1S/C40H39N3O5S/c1-7-47-34-21-28(13-18-33(34)48-23-32-25(3)19-24(2)20-26(32)4)22-35-39(45)43-37(29-14-16-31(46-6)17-15-29)36(27(5)41-40(43)49-35)38(44)42-30-11-9-8-10-12-30/h8-22,37H,7,23H2,1-6H3,(H,42,44)/b35-22+/t37-/m0/s1. The third-order valence-corrected chi connectivity index (χ3v) is 9.49. The zero-order chi connectivity index (χ0) is 34.7. The molecule has 1 aromatic heterocycles. The number of carbonyl (C=O) groups excluding carboxylic acids is 1. The van der Waals surface area contributed by atoms with Crippen LogP contribution in [-0.4, -0.2) is 24.2 Å². The van der Waals surface area contributed by atoms with Gasteiger partial charge < -0.3 is 19.5 Å². The zero-order valence-corrected chi connectivity index (χ0v) is 29.3. The first-order valence-electron chi connectivity index (χ1n) is 16.2. The number of carbonyl (C=O) groups is 1. The van der Waals surface area contributed by atoms with Gasteiger partial charge in [-0.1, -0.05) is 65.4 Å². The van der Waals surface area contributed by atoms with E-state index in [1.165, 1.54) is 28.0 Å².